The number of likely N-dealkylation sites (tertiary alicyclic amines) is 3. The molecule has 3 aliphatic rings. The molecule has 3 fully saturated rings. The maximum Gasteiger partial charge on any atom is 0.256 e. The van der Waals surface area contributed by atoms with Crippen LogP contribution in [0.1, 0.15) is 69.8 Å². The summed E-state index contributed by atoms with van der Waals surface area (Å²) in [5, 5.41) is 1.54. The molecule has 8 nitrogen and oxygen atoms in total. The summed E-state index contributed by atoms with van der Waals surface area (Å²) in [5.41, 5.74) is 2.89. The molecule has 10 heteroatoms. The number of hydrogen-bond donors (Lipinski definition) is 0. The summed E-state index contributed by atoms with van der Waals surface area (Å²) in [5.74, 6) is 1.89. The van der Waals surface area contributed by atoms with Gasteiger partial charge >= 0.3 is 0 Å². The normalized spacial score (nSPS) is 22.4. The number of benzene rings is 1. The highest BCUT2D eigenvalue weighted by Gasteiger charge is 2.40. The number of fused-ring (bicyclic) bond motifs is 2. The molecule has 48 heavy (non-hydrogen) atoms. The lowest BCUT2D eigenvalue weighted by molar-refractivity contribution is -0.128. The highest BCUT2D eigenvalue weighted by atomic mass is 35.5. The third kappa shape index (κ3) is 7.15. The minimum absolute atomic E-state index is 0.0262. The van der Waals surface area contributed by atoms with E-state index in [0.717, 1.165) is 75.1 Å². The van der Waals surface area contributed by atoms with Crippen molar-refractivity contribution in [2.45, 2.75) is 72.4 Å². The van der Waals surface area contributed by atoms with Crippen molar-refractivity contribution in [3.05, 3.63) is 58.8 Å². The first kappa shape index (κ1) is 34.8. The van der Waals surface area contributed by atoms with Crippen LogP contribution in [0.4, 0.5) is 4.39 Å². The lowest BCUT2D eigenvalue weighted by atomic mass is 9.96. The van der Waals surface area contributed by atoms with Crippen molar-refractivity contribution in [1.29, 1.82) is 0 Å². The van der Waals surface area contributed by atoms with Gasteiger partial charge in [-0.05, 0) is 100 Å². The fraction of sp³-hybridized carbons (Fsp3) is 0.605. The highest BCUT2D eigenvalue weighted by molar-refractivity contribution is 6.35. The van der Waals surface area contributed by atoms with Gasteiger partial charge in [-0.2, -0.15) is 0 Å². The fourth-order valence-corrected chi connectivity index (χ4v) is 8.79. The minimum atomic E-state index is -0.443. The van der Waals surface area contributed by atoms with Crippen molar-refractivity contribution in [1.82, 2.24) is 29.2 Å². The van der Waals surface area contributed by atoms with Crippen molar-refractivity contribution in [2.24, 2.45) is 23.7 Å². The zero-order valence-electron chi connectivity index (χ0n) is 29.5. The van der Waals surface area contributed by atoms with Gasteiger partial charge < -0.3 is 19.3 Å². The number of hydrogen-bond acceptors (Lipinski definition) is 5. The van der Waals surface area contributed by atoms with Crippen LogP contribution in [0.3, 0.4) is 0 Å². The monoisotopic (exact) mass is 678 g/mol. The zero-order valence-corrected chi connectivity index (χ0v) is 30.2. The SMILES string of the molecule is CC(=O)N1C[C@@H]2CN(CCCC(C(C)C)N3CC[C@@H](Cc4cn(-c5ccc(F)cc5C(=O)N(C)C(C)C)c5cncc(Cl)c45)C3)C[C@H]2C1. The van der Waals surface area contributed by atoms with Crippen LogP contribution in [-0.4, -0.2) is 106 Å². The van der Waals surface area contributed by atoms with Gasteiger partial charge in [0.15, 0.2) is 0 Å². The largest absolute Gasteiger partial charge is 0.342 e. The molecule has 1 unspecified atom stereocenters. The summed E-state index contributed by atoms with van der Waals surface area (Å²) in [7, 11) is 1.75. The van der Waals surface area contributed by atoms with E-state index in [1.54, 1.807) is 37.3 Å². The van der Waals surface area contributed by atoms with Gasteiger partial charge in [-0.25, -0.2) is 4.39 Å². The van der Waals surface area contributed by atoms with E-state index in [-0.39, 0.29) is 17.9 Å². The van der Waals surface area contributed by atoms with Crippen molar-refractivity contribution in [2.75, 3.05) is 52.9 Å². The summed E-state index contributed by atoms with van der Waals surface area (Å²) in [6.07, 6.45) is 9.94. The third-order valence-electron chi connectivity index (χ3n) is 11.3. The van der Waals surface area contributed by atoms with E-state index in [2.05, 4.69) is 34.8 Å². The predicted molar refractivity (Wildman–Crippen MR) is 190 cm³/mol. The lowest BCUT2D eigenvalue weighted by Crippen LogP contribution is -2.38. The first-order chi connectivity index (χ1) is 22.9. The molecule has 5 heterocycles. The Morgan fingerprint density at radius 2 is 1.79 bits per heavy atom. The molecule has 1 aromatic carbocycles. The maximum absolute atomic E-state index is 14.5. The van der Waals surface area contributed by atoms with E-state index in [1.807, 2.05) is 23.3 Å². The lowest BCUT2D eigenvalue weighted by Gasteiger charge is -2.32. The van der Waals surface area contributed by atoms with E-state index in [0.29, 0.717) is 46.0 Å². The molecule has 0 radical (unpaired) electrons. The van der Waals surface area contributed by atoms with Gasteiger partial charge in [-0.1, -0.05) is 25.4 Å². The molecule has 4 atom stereocenters. The Hall–Kier alpha value is -3.01. The third-order valence-corrected chi connectivity index (χ3v) is 11.6. The topological polar surface area (TPSA) is 64.9 Å². The standard InChI is InChI=1S/C38H52ClFN6O2/c1-24(2)34(8-7-12-43-19-29-21-45(26(5)47)22-30(29)20-43)44-13-11-27(18-44)14-28-23-46(36-17-41-16-33(39)37(28)36)35-10-9-31(40)15-32(35)38(48)42(6)25(3)4/h9-10,15-17,23-25,27,29-30,34H,7-8,11-14,18-22H2,1-6H3/t27-,29-,30-,34?/m0/s1. The Balaban J connectivity index is 1.14. The van der Waals surface area contributed by atoms with Crippen LogP contribution in [-0.2, 0) is 11.2 Å². The van der Waals surface area contributed by atoms with Crippen LogP contribution >= 0.6 is 11.6 Å². The number of carbonyl (C=O) groups is 2. The first-order valence-corrected chi connectivity index (χ1v) is 18.2. The number of carbonyl (C=O) groups excluding carboxylic acids is 2. The Bertz CT molecular complexity index is 1630. The van der Waals surface area contributed by atoms with Crippen molar-refractivity contribution < 1.29 is 14.0 Å². The number of aromatic nitrogens is 2. The van der Waals surface area contributed by atoms with Gasteiger partial charge in [-0.3, -0.25) is 19.5 Å². The van der Waals surface area contributed by atoms with Crippen LogP contribution in [0.15, 0.2) is 36.8 Å². The highest BCUT2D eigenvalue weighted by Crippen LogP contribution is 2.36. The molecular weight excluding hydrogens is 627 g/mol. The number of rotatable bonds is 11. The summed E-state index contributed by atoms with van der Waals surface area (Å²) < 4.78 is 16.5. The van der Waals surface area contributed by atoms with Gasteiger partial charge in [0, 0.05) is 76.6 Å². The maximum atomic E-state index is 14.5. The Morgan fingerprint density at radius 1 is 1.06 bits per heavy atom. The summed E-state index contributed by atoms with van der Waals surface area (Å²) >= 11 is 6.81. The molecule has 0 N–H and O–H groups in total. The van der Waals surface area contributed by atoms with E-state index < -0.39 is 5.82 Å². The number of amides is 2. The first-order valence-electron chi connectivity index (χ1n) is 17.8. The second kappa shape index (κ2) is 14.5. The van der Waals surface area contributed by atoms with Crippen LogP contribution in [0.2, 0.25) is 5.02 Å². The van der Waals surface area contributed by atoms with Gasteiger partial charge in [-0.15, -0.1) is 0 Å². The molecule has 0 spiro atoms. The Kier molecular flexibility index (Phi) is 10.5. The molecule has 3 aromatic rings. The molecule has 2 amide bonds. The molecule has 0 bridgehead atoms. The Morgan fingerprint density at radius 3 is 2.46 bits per heavy atom. The van der Waals surface area contributed by atoms with Gasteiger partial charge in [0.25, 0.3) is 5.91 Å². The average Bonchev–Trinajstić information content (AvgIpc) is 3.82. The zero-order chi connectivity index (χ0) is 34.3. The quantitative estimate of drug-likeness (QED) is 0.236. The van der Waals surface area contributed by atoms with E-state index in [4.69, 9.17) is 11.6 Å². The van der Waals surface area contributed by atoms with Crippen LogP contribution in [0.5, 0.6) is 0 Å². The number of pyridine rings is 1. The second-order valence-corrected chi connectivity index (χ2v) is 15.6. The van der Waals surface area contributed by atoms with Gasteiger partial charge in [0.1, 0.15) is 5.82 Å². The van der Waals surface area contributed by atoms with E-state index >= 15 is 0 Å². The average molecular weight is 679 g/mol. The number of nitrogens with zero attached hydrogens (tertiary/aromatic N) is 6. The smallest absolute Gasteiger partial charge is 0.256 e. The van der Waals surface area contributed by atoms with Crippen molar-refractivity contribution >= 4 is 34.3 Å². The fourth-order valence-electron chi connectivity index (χ4n) is 8.52. The summed E-state index contributed by atoms with van der Waals surface area (Å²) in [6.45, 7) is 17.7. The molecule has 0 aliphatic carbocycles. The van der Waals surface area contributed by atoms with Crippen molar-refractivity contribution in [3.8, 4) is 5.69 Å². The van der Waals surface area contributed by atoms with Crippen molar-refractivity contribution in [3.63, 3.8) is 0 Å². The van der Waals surface area contributed by atoms with Gasteiger partial charge in [0.05, 0.1) is 28.0 Å². The van der Waals surface area contributed by atoms with E-state index in [9.17, 15) is 14.0 Å². The molecular formula is C38H52ClFN6O2. The van der Waals surface area contributed by atoms with E-state index in [1.165, 1.54) is 25.0 Å². The molecule has 2 aromatic heterocycles. The number of halogens is 2. The second-order valence-electron chi connectivity index (χ2n) is 15.2. The molecule has 3 aliphatic heterocycles. The van der Waals surface area contributed by atoms with Crippen LogP contribution < -0.4 is 0 Å². The molecule has 0 saturated carbocycles. The molecule has 6 rings (SSSR count). The Labute approximate surface area is 290 Å². The summed E-state index contributed by atoms with van der Waals surface area (Å²) in [4.78, 5) is 38.7. The minimum Gasteiger partial charge on any atom is -0.342 e. The van der Waals surface area contributed by atoms with Crippen LogP contribution in [0, 0.1) is 29.5 Å². The molecule has 3 saturated heterocycles. The summed E-state index contributed by atoms with van der Waals surface area (Å²) in [6, 6.07) is 4.94. The molecule has 260 valence electrons. The van der Waals surface area contributed by atoms with Crippen LogP contribution in [0.25, 0.3) is 16.6 Å². The predicted octanol–water partition coefficient (Wildman–Crippen LogP) is 6.38. The van der Waals surface area contributed by atoms with Gasteiger partial charge in [0.2, 0.25) is 5.91 Å².